The molecule has 2 aromatic rings. The molecule has 4 heterocycles. The van der Waals surface area contributed by atoms with Crippen LogP contribution < -0.4 is 4.90 Å². The summed E-state index contributed by atoms with van der Waals surface area (Å²) < 4.78 is 45.4. The highest BCUT2D eigenvalue weighted by Gasteiger charge is 2.38. The quantitative estimate of drug-likeness (QED) is 0.840. The fraction of sp³-hybridized carbons (Fsp3) is 0.667. The van der Waals surface area contributed by atoms with Gasteiger partial charge in [-0.1, -0.05) is 0 Å². The number of fused-ring (bicyclic) bond motifs is 1. The number of anilines is 1. The second-order valence-corrected chi connectivity index (χ2v) is 6.36. The Morgan fingerprint density at radius 1 is 1.08 bits per heavy atom. The van der Waals surface area contributed by atoms with Gasteiger partial charge in [0, 0.05) is 19.7 Å². The van der Waals surface area contributed by atoms with E-state index in [4.69, 9.17) is 4.74 Å². The molecule has 0 spiro atoms. The summed E-state index contributed by atoms with van der Waals surface area (Å²) in [5, 5.41) is 10.9. The van der Waals surface area contributed by atoms with E-state index in [0.717, 1.165) is 49.9 Å². The highest BCUT2D eigenvalue weighted by atomic mass is 19.4. The highest BCUT2D eigenvalue weighted by Crippen LogP contribution is 2.31. The predicted molar refractivity (Wildman–Crippen MR) is 79.7 cm³/mol. The zero-order chi connectivity index (χ0) is 16.7. The number of rotatable bonds is 2. The summed E-state index contributed by atoms with van der Waals surface area (Å²) in [5.74, 6) is -0.0275. The van der Waals surface area contributed by atoms with Gasteiger partial charge in [0.15, 0.2) is 5.65 Å². The van der Waals surface area contributed by atoms with E-state index in [1.807, 2.05) is 4.90 Å². The minimum Gasteiger partial charge on any atom is -0.378 e. The molecule has 0 aromatic carbocycles. The summed E-state index contributed by atoms with van der Waals surface area (Å²) in [5.41, 5.74) is 0.0975. The summed E-state index contributed by atoms with van der Waals surface area (Å²) in [6.07, 6.45) is -0.0475. The van der Waals surface area contributed by atoms with Crippen molar-refractivity contribution in [1.82, 2.24) is 19.8 Å². The zero-order valence-corrected chi connectivity index (χ0v) is 13.0. The molecule has 2 aliphatic heterocycles. The van der Waals surface area contributed by atoms with E-state index in [9.17, 15) is 13.2 Å². The molecule has 24 heavy (non-hydrogen) atoms. The third kappa shape index (κ3) is 2.81. The van der Waals surface area contributed by atoms with Crippen molar-refractivity contribution in [3.8, 4) is 0 Å². The van der Waals surface area contributed by atoms with E-state index >= 15 is 0 Å². The topological polar surface area (TPSA) is 55.5 Å². The third-order valence-corrected chi connectivity index (χ3v) is 4.86. The first-order valence-electron chi connectivity index (χ1n) is 8.18. The molecule has 2 saturated heterocycles. The molecule has 9 heteroatoms. The van der Waals surface area contributed by atoms with E-state index in [1.165, 1.54) is 6.07 Å². The molecule has 1 atom stereocenters. The first-order valence-corrected chi connectivity index (χ1v) is 8.18. The second-order valence-electron chi connectivity index (χ2n) is 6.36. The number of piperidine rings is 1. The lowest BCUT2D eigenvalue weighted by Crippen LogP contribution is -2.38. The van der Waals surface area contributed by atoms with Crippen LogP contribution in [0.5, 0.6) is 0 Å². The van der Waals surface area contributed by atoms with Crippen molar-refractivity contribution in [2.24, 2.45) is 5.92 Å². The van der Waals surface area contributed by atoms with Crippen LogP contribution in [0.2, 0.25) is 0 Å². The number of hydrogen-bond donors (Lipinski definition) is 0. The molecule has 0 radical (unpaired) electrons. The van der Waals surface area contributed by atoms with Crippen LogP contribution in [-0.2, 0) is 10.9 Å². The van der Waals surface area contributed by atoms with Gasteiger partial charge < -0.3 is 9.64 Å². The number of aromatic nitrogens is 4. The van der Waals surface area contributed by atoms with Crippen LogP contribution >= 0.6 is 0 Å². The maximum Gasteiger partial charge on any atom is 0.453 e. The van der Waals surface area contributed by atoms with Crippen molar-refractivity contribution in [2.45, 2.75) is 38.0 Å². The fourth-order valence-corrected chi connectivity index (χ4v) is 3.60. The number of alkyl halides is 3. The van der Waals surface area contributed by atoms with Crippen molar-refractivity contribution in [2.75, 3.05) is 24.6 Å². The summed E-state index contributed by atoms with van der Waals surface area (Å²) >= 11 is 0. The monoisotopic (exact) mass is 341 g/mol. The molecular weight excluding hydrogens is 323 g/mol. The van der Waals surface area contributed by atoms with Gasteiger partial charge in [-0.05, 0) is 43.7 Å². The van der Waals surface area contributed by atoms with Gasteiger partial charge in [0.05, 0.1) is 6.10 Å². The van der Waals surface area contributed by atoms with Crippen molar-refractivity contribution in [3.05, 3.63) is 18.0 Å². The predicted octanol–water partition coefficient (Wildman–Crippen LogP) is 2.54. The molecule has 2 fully saturated rings. The van der Waals surface area contributed by atoms with E-state index in [1.54, 1.807) is 6.07 Å². The summed E-state index contributed by atoms with van der Waals surface area (Å²) in [6, 6.07) is 3.23. The highest BCUT2D eigenvalue weighted by molar-refractivity contribution is 5.46. The van der Waals surface area contributed by atoms with Crippen molar-refractivity contribution >= 4 is 11.5 Å². The second kappa shape index (κ2) is 5.87. The average molecular weight is 341 g/mol. The Labute approximate surface area is 136 Å². The Morgan fingerprint density at radius 3 is 2.54 bits per heavy atom. The van der Waals surface area contributed by atoms with Gasteiger partial charge >= 0.3 is 6.18 Å². The van der Waals surface area contributed by atoms with Crippen LogP contribution in [0, 0.1) is 5.92 Å². The Balaban J connectivity index is 1.52. The molecule has 0 bridgehead atoms. The SMILES string of the molecule is FC(F)(F)c1nnc2ccc(N3CCC(C4CCCO4)CC3)nn12. The first kappa shape index (κ1) is 15.6. The van der Waals surface area contributed by atoms with Crippen LogP contribution in [0.1, 0.15) is 31.5 Å². The maximum atomic E-state index is 13.0. The summed E-state index contributed by atoms with van der Waals surface area (Å²) in [4.78, 5) is 2.02. The minimum absolute atomic E-state index is 0.0975. The zero-order valence-electron chi connectivity index (χ0n) is 13.0. The van der Waals surface area contributed by atoms with E-state index < -0.39 is 12.0 Å². The van der Waals surface area contributed by atoms with Gasteiger partial charge in [0.1, 0.15) is 5.82 Å². The lowest BCUT2D eigenvalue weighted by molar-refractivity contribution is -0.146. The van der Waals surface area contributed by atoms with Crippen LogP contribution in [0.25, 0.3) is 5.65 Å². The van der Waals surface area contributed by atoms with E-state index in [0.29, 0.717) is 17.8 Å². The standard InChI is InChI=1S/C15H18F3N5O/c16-15(17,18)14-20-19-12-3-4-13(21-23(12)14)22-7-5-10(6-8-22)11-2-1-9-24-11/h3-4,10-11H,1-2,5-9H2. The smallest absolute Gasteiger partial charge is 0.378 e. The number of halogens is 3. The van der Waals surface area contributed by atoms with E-state index in [-0.39, 0.29) is 5.65 Å². The van der Waals surface area contributed by atoms with Gasteiger partial charge in [0.25, 0.3) is 5.82 Å². The Kier molecular flexibility index (Phi) is 3.82. The lowest BCUT2D eigenvalue weighted by Gasteiger charge is -2.35. The van der Waals surface area contributed by atoms with Gasteiger partial charge in [0.2, 0.25) is 0 Å². The van der Waals surface area contributed by atoms with Crippen LogP contribution in [0.4, 0.5) is 19.0 Å². The third-order valence-electron chi connectivity index (χ3n) is 4.86. The van der Waals surface area contributed by atoms with Crippen LogP contribution in [0.15, 0.2) is 12.1 Å². The van der Waals surface area contributed by atoms with Crippen molar-refractivity contribution in [1.29, 1.82) is 0 Å². The molecule has 1 unspecified atom stereocenters. The number of ether oxygens (including phenoxy) is 1. The van der Waals surface area contributed by atoms with Gasteiger partial charge in [-0.25, -0.2) is 0 Å². The molecule has 0 saturated carbocycles. The van der Waals surface area contributed by atoms with Crippen molar-refractivity contribution in [3.63, 3.8) is 0 Å². The summed E-state index contributed by atoms with van der Waals surface area (Å²) in [6.45, 7) is 2.38. The minimum atomic E-state index is -4.57. The molecule has 2 aromatic heterocycles. The Morgan fingerprint density at radius 2 is 1.88 bits per heavy atom. The van der Waals surface area contributed by atoms with Crippen LogP contribution in [0.3, 0.4) is 0 Å². The molecule has 2 aliphatic rings. The van der Waals surface area contributed by atoms with Crippen LogP contribution in [-0.4, -0.2) is 45.6 Å². The lowest BCUT2D eigenvalue weighted by atomic mass is 9.90. The van der Waals surface area contributed by atoms with Gasteiger partial charge in [-0.15, -0.1) is 15.3 Å². The largest absolute Gasteiger partial charge is 0.453 e. The molecule has 0 amide bonds. The Bertz CT molecular complexity index is 717. The molecule has 0 aliphatic carbocycles. The fourth-order valence-electron chi connectivity index (χ4n) is 3.60. The first-order chi connectivity index (χ1) is 11.5. The maximum absolute atomic E-state index is 13.0. The Hall–Kier alpha value is -1.90. The molecule has 4 rings (SSSR count). The molecular formula is C15H18F3N5O. The normalized spacial score (nSPS) is 23.3. The molecule has 130 valence electrons. The van der Waals surface area contributed by atoms with Crippen molar-refractivity contribution < 1.29 is 17.9 Å². The molecule has 0 N–H and O–H groups in total. The van der Waals surface area contributed by atoms with Gasteiger partial charge in [-0.2, -0.15) is 17.7 Å². The summed E-state index contributed by atoms with van der Waals surface area (Å²) in [7, 11) is 0. The van der Waals surface area contributed by atoms with E-state index in [2.05, 4.69) is 15.3 Å². The molecule has 6 nitrogen and oxygen atoms in total. The van der Waals surface area contributed by atoms with Gasteiger partial charge in [-0.3, -0.25) is 0 Å². The number of hydrogen-bond acceptors (Lipinski definition) is 5. The number of nitrogens with zero attached hydrogens (tertiary/aromatic N) is 5. The average Bonchev–Trinajstić information content (AvgIpc) is 3.23.